The molecule has 0 saturated carbocycles. The van der Waals surface area contributed by atoms with E-state index in [1.54, 1.807) is 6.07 Å². The van der Waals surface area contributed by atoms with Crippen LogP contribution in [0.1, 0.15) is 0 Å². The standard InChI is InChI=1S/C8H2BrCl2FN2/c9-3-1-4(12)6-5(2-3)13-8(11)14-7(6)10/h1-2H. The van der Waals surface area contributed by atoms with Crippen LogP contribution in [0.15, 0.2) is 16.6 Å². The zero-order chi connectivity index (χ0) is 10.3. The maximum absolute atomic E-state index is 13.4. The van der Waals surface area contributed by atoms with E-state index in [-0.39, 0.29) is 15.8 Å². The van der Waals surface area contributed by atoms with E-state index in [4.69, 9.17) is 23.2 Å². The van der Waals surface area contributed by atoms with Gasteiger partial charge in [-0.1, -0.05) is 27.5 Å². The number of nitrogens with zero attached hydrogens (tertiary/aromatic N) is 2. The van der Waals surface area contributed by atoms with E-state index < -0.39 is 5.82 Å². The number of hydrogen-bond donors (Lipinski definition) is 0. The van der Waals surface area contributed by atoms with Crippen molar-refractivity contribution in [2.45, 2.75) is 0 Å². The minimum absolute atomic E-state index is 0.000000000000000444. The van der Waals surface area contributed by atoms with E-state index >= 15 is 0 Å². The SMILES string of the molecule is Fc1cc(Br)cc2nc(Cl)nc(Cl)c12. The second-order valence-electron chi connectivity index (χ2n) is 2.57. The van der Waals surface area contributed by atoms with Gasteiger partial charge in [-0.3, -0.25) is 0 Å². The van der Waals surface area contributed by atoms with Crippen LogP contribution in [0.2, 0.25) is 10.4 Å². The molecule has 0 aliphatic rings. The largest absolute Gasteiger partial charge is 0.224 e. The van der Waals surface area contributed by atoms with E-state index in [1.807, 2.05) is 0 Å². The lowest BCUT2D eigenvalue weighted by Crippen LogP contribution is -1.90. The average molecular weight is 296 g/mol. The Balaban J connectivity index is 2.94. The van der Waals surface area contributed by atoms with E-state index in [0.717, 1.165) is 0 Å². The van der Waals surface area contributed by atoms with Gasteiger partial charge < -0.3 is 0 Å². The van der Waals surface area contributed by atoms with Gasteiger partial charge in [0, 0.05) is 4.47 Å². The van der Waals surface area contributed by atoms with Crippen molar-refractivity contribution in [2.24, 2.45) is 0 Å². The Hall–Kier alpha value is -0.450. The summed E-state index contributed by atoms with van der Waals surface area (Å²) >= 11 is 14.5. The Labute approximate surface area is 97.2 Å². The fraction of sp³-hybridized carbons (Fsp3) is 0. The fourth-order valence-corrected chi connectivity index (χ4v) is 2.02. The van der Waals surface area contributed by atoms with Crippen molar-refractivity contribution in [2.75, 3.05) is 0 Å². The number of halogens is 4. The molecule has 0 amide bonds. The van der Waals surface area contributed by atoms with E-state index in [1.165, 1.54) is 6.07 Å². The molecule has 2 aromatic rings. The predicted molar refractivity (Wildman–Crippen MR) is 57.2 cm³/mol. The minimum Gasteiger partial charge on any atom is -0.218 e. The molecule has 0 spiro atoms. The zero-order valence-corrected chi connectivity index (χ0v) is 9.66. The Kier molecular flexibility index (Phi) is 2.60. The van der Waals surface area contributed by atoms with Crippen LogP contribution in [0.5, 0.6) is 0 Å². The lowest BCUT2D eigenvalue weighted by atomic mass is 10.2. The third kappa shape index (κ3) is 1.69. The quantitative estimate of drug-likeness (QED) is 0.545. The van der Waals surface area contributed by atoms with Crippen LogP contribution in [-0.2, 0) is 0 Å². The molecule has 14 heavy (non-hydrogen) atoms. The number of benzene rings is 1. The van der Waals surface area contributed by atoms with Crippen LogP contribution in [0.4, 0.5) is 4.39 Å². The Morgan fingerprint density at radius 2 is 1.93 bits per heavy atom. The van der Waals surface area contributed by atoms with Crippen molar-refractivity contribution in [3.05, 3.63) is 32.9 Å². The summed E-state index contributed by atoms with van der Waals surface area (Å²) in [6.07, 6.45) is 0. The van der Waals surface area contributed by atoms with Gasteiger partial charge in [0.2, 0.25) is 5.28 Å². The molecule has 0 bridgehead atoms. The lowest BCUT2D eigenvalue weighted by molar-refractivity contribution is 0.638. The lowest BCUT2D eigenvalue weighted by Gasteiger charge is -2.02. The number of aromatic nitrogens is 2. The highest BCUT2D eigenvalue weighted by Crippen LogP contribution is 2.27. The van der Waals surface area contributed by atoms with Crippen LogP contribution in [0, 0.1) is 5.82 Å². The first-order chi connectivity index (χ1) is 6.58. The van der Waals surface area contributed by atoms with Crippen molar-refractivity contribution < 1.29 is 4.39 Å². The fourth-order valence-electron chi connectivity index (χ4n) is 1.11. The first-order valence-electron chi connectivity index (χ1n) is 3.56. The summed E-state index contributed by atoms with van der Waals surface area (Å²) in [5, 5.41) is 0.198. The molecule has 0 radical (unpaired) electrons. The Morgan fingerprint density at radius 3 is 2.64 bits per heavy atom. The molecule has 0 saturated heterocycles. The molecule has 72 valence electrons. The normalized spacial score (nSPS) is 10.9. The molecule has 2 rings (SSSR count). The third-order valence-corrected chi connectivity index (χ3v) is 2.54. The number of fused-ring (bicyclic) bond motifs is 1. The summed E-state index contributed by atoms with van der Waals surface area (Å²) in [5.74, 6) is -0.476. The Morgan fingerprint density at radius 1 is 1.21 bits per heavy atom. The summed E-state index contributed by atoms with van der Waals surface area (Å²) in [6.45, 7) is 0. The Bertz CT molecular complexity index is 475. The first-order valence-corrected chi connectivity index (χ1v) is 5.10. The van der Waals surface area contributed by atoms with Gasteiger partial charge in [-0.05, 0) is 23.7 Å². The monoisotopic (exact) mass is 294 g/mol. The molecular formula is C8H2BrCl2FN2. The van der Waals surface area contributed by atoms with E-state index in [9.17, 15) is 4.39 Å². The smallest absolute Gasteiger partial charge is 0.218 e. The summed E-state index contributed by atoms with van der Waals surface area (Å²) in [6, 6.07) is 2.92. The number of hydrogen-bond acceptors (Lipinski definition) is 2. The highest BCUT2D eigenvalue weighted by atomic mass is 79.9. The summed E-state index contributed by atoms with van der Waals surface area (Å²) in [7, 11) is 0. The first kappa shape index (κ1) is 10.1. The molecule has 0 aliphatic heterocycles. The molecule has 0 atom stereocenters. The topological polar surface area (TPSA) is 25.8 Å². The van der Waals surface area contributed by atoms with Gasteiger partial charge in [-0.15, -0.1) is 0 Å². The van der Waals surface area contributed by atoms with Crippen LogP contribution in [0.3, 0.4) is 0 Å². The van der Waals surface area contributed by atoms with E-state index in [2.05, 4.69) is 25.9 Å². The molecule has 2 nitrogen and oxygen atoms in total. The minimum atomic E-state index is -0.476. The van der Waals surface area contributed by atoms with Crippen LogP contribution >= 0.6 is 39.1 Å². The highest BCUT2D eigenvalue weighted by molar-refractivity contribution is 9.10. The zero-order valence-electron chi connectivity index (χ0n) is 6.56. The van der Waals surface area contributed by atoms with Gasteiger partial charge >= 0.3 is 0 Å². The van der Waals surface area contributed by atoms with Crippen LogP contribution in [0.25, 0.3) is 10.9 Å². The third-order valence-electron chi connectivity index (χ3n) is 1.64. The molecule has 1 aromatic heterocycles. The maximum Gasteiger partial charge on any atom is 0.224 e. The molecular weight excluding hydrogens is 294 g/mol. The molecule has 0 fully saturated rings. The van der Waals surface area contributed by atoms with Gasteiger partial charge in [0.25, 0.3) is 0 Å². The van der Waals surface area contributed by atoms with Crippen molar-refractivity contribution in [1.29, 1.82) is 0 Å². The van der Waals surface area contributed by atoms with Crippen molar-refractivity contribution in [3.8, 4) is 0 Å². The molecule has 0 N–H and O–H groups in total. The predicted octanol–water partition coefficient (Wildman–Crippen LogP) is 3.84. The highest BCUT2D eigenvalue weighted by Gasteiger charge is 2.10. The second kappa shape index (κ2) is 3.61. The van der Waals surface area contributed by atoms with Crippen LogP contribution < -0.4 is 0 Å². The maximum atomic E-state index is 13.4. The molecule has 1 heterocycles. The van der Waals surface area contributed by atoms with E-state index in [0.29, 0.717) is 9.99 Å². The van der Waals surface area contributed by atoms with Crippen molar-refractivity contribution in [1.82, 2.24) is 9.97 Å². The molecule has 0 aliphatic carbocycles. The molecule has 6 heteroatoms. The number of rotatable bonds is 0. The molecule has 1 aromatic carbocycles. The van der Waals surface area contributed by atoms with Gasteiger partial charge in [0.1, 0.15) is 11.0 Å². The van der Waals surface area contributed by atoms with Crippen LogP contribution in [-0.4, -0.2) is 9.97 Å². The summed E-state index contributed by atoms with van der Waals surface area (Å²) in [4.78, 5) is 7.51. The van der Waals surface area contributed by atoms with Gasteiger partial charge in [-0.2, -0.15) is 0 Å². The second-order valence-corrected chi connectivity index (χ2v) is 4.18. The average Bonchev–Trinajstić information content (AvgIpc) is 1.99. The van der Waals surface area contributed by atoms with Crippen molar-refractivity contribution >= 4 is 50.0 Å². The summed E-state index contributed by atoms with van der Waals surface area (Å²) < 4.78 is 14.0. The summed E-state index contributed by atoms with van der Waals surface area (Å²) in [5.41, 5.74) is 0.377. The van der Waals surface area contributed by atoms with Gasteiger partial charge in [-0.25, -0.2) is 14.4 Å². The van der Waals surface area contributed by atoms with Crippen molar-refractivity contribution in [3.63, 3.8) is 0 Å². The van der Waals surface area contributed by atoms with Gasteiger partial charge in [0.05, 0.1) is 10.9 Å². The molecule has 0 unspecified atom stereocenters. The van der Waals surface area contributed by atoms with Gasteiger partial charge in [0.15, 0.2) is 0 Å².